The topological polar surface area (TPSA) is 18.5 Å². The number of hydrogen-bond donors (Lipinski definition) is 0. The second-order valence-corrected chi connectivity index (χ2v) is 12.2. The van der Waals surface area contributed by atoms with Crippen molar-refractivity contribution in [2.24, 2.45) is 0 Å². The van der Waals surface area contributed by atoms with Crippen molar-refractivity contribution in [1.29, 1.82) is 0 Å². The molecule has 2 nitrogen and oxygen atoms in total. The Morgan fingerprint density at radius 2 is 1.46 bits per heavy atom. The van der Waals surface area contributed by atoms with Crippen molar-refractivity contribution >= 4 is 20.5 Å². The van der Waals surface area contributed by atoms with Crippen molar-refractivity contribution in [3.05, 3.63) is 59.7 Å². The summed E-state index contributed by atoms with van der Waals surface area (Å²) in [4.78, 5) is 0. The van der Waals surface area contributed by atoms with Crippen LogP contribution >= 0.6 is 0 Å². The molecule has 2 aromatic carbocycles. The first kappa shape index (κ1) is 18.3. The van der Waals surface area contributed by atoms with Gasteiger partial charge in [-0.3, -0.25) is 0 Å². The van der Waals surface area contributed by atoms with Gasteiger partial charge in [-0.25, -0.2) is 0 Å². The van der Waals surface area contributed by atoms with Crippen LogP contribution in [-0.2, 0) is 0 Å². The van der Waals surface area contributed by atoms with Gasteiger partial charge in [0.25, 0.3) is 8.32 Å². The van der Waals surface area contributed by atoms with Crippen LogP contribution in [0.25, 0.3) is 12.2 Å². The monoisotopic (exact) mass is 340 g/mol. The summed E-state index contributed by atoms with van der Waals surface area (Å²) in [5.41, 5.74) is 2.27. The average Bonchev–Trinajstić information content (AvgIpc) is 2.53. The van der Waals surface area contributed by atoms with E-state index in [9.17, 15) is 0 Å². The summed E-state index contributed by atoms with van der Waals surface area (Å²) in [6.45, 7) is 11.2. The molecule has 0 radical (unpaired) electrons. The predicted molar refractivity (Wildman–Crippen MR) is 106 cm³/mol. The SMILES string of the molecule is COc1cc(/C=C/c2ccccc2)ccc1O[Si](C)(C)C(C)(C)C. The Kier molecular flexibility index (Phi) is 5.55. The molecule has 128 valence electrons. The highest BCUT2D eigenvalue weighted by atomic mass is 28.4. The third-order valence-corrected chi connectivity index (χ3v) is 8.97. The highest BCUT2D eigenvalue weighted by Crippen LogP contribution is 2.40. The highest BCUT2D eigenvalue weighted by Gasteiger charge is 2.39. The molecule has 2 rings (SSSR count). The lowest BCUT2D eigenvalue weighted by Gasteiger charge is -2.36. The molecule has 24 heavy (non-hydrogen) atoms. The summed E-state index contributed by atoms with van der Waals surface area (Å²) in [6.07, 6.45) is 4.19. The van der Waals surface area contributed by atoms with E-state index >= 15 is 0 Å². The minimum atomic E-state index is -1.88. The van der Waals surface area contributed by atoms with Crippen LogP contribution in [0, 0.1) is 0 Å². The zero-order valence-corrected chi connectivity index (χ0v) is 16.6. The lowest BCUT2D eigenvalue weighted by atomic mass is 10.1. The normalized spacial score (nSPS) is 12.4. The summed E-state index contributed by atoms with van der Waals surface area (Å²) in [6, 6.07) is 16.4. The molecule has 0 aromatic heterocycles. The first-order valence-corrected chi connectivity index (χ1v) is 11.2. The van der Waals surface area contributed by atoms with Gasteiger partial charge in [0.1, 0.15) is 5.75 Å². The van der Waals surface area contributed by atoms with Gasteiger partial charge < -0.3 is 9.16 Å². The van der Waals surface area contributed by atoms with Gasteiger partial charge in [0, 0.05) is 0 Å². The molecule has 3 heteroatoms. The van der Waals surface area contributed by atoms with Crippen LogP contribution < -0.4 is 9.16 Å². The fourth-order valence-corrected chi connectivity index (χ4v) is 3.08. The maximum Gasteiger partial charge on any atom is 0.250 e. The van der Waals surface area contributed by atoms with Crippen molar-refractivity contribution in [3.63, 3.8) is 0 Å². The number of hydrogen-bond acceptors (Lipinski definition) is 2. The summed E-state index contributed by atoms with van der Waals surface area (Å²) >= 11 is 0. The van der Waals surface area contributed by atoms with Gasteiger partial charge >= 0.3 is 0 Å². The van der Waals surface area contributed by atoms with Gasteiger partial charge in [0.05, 0.1) is 7.11 Å². The molecule has 2 aromatic rings. The van der Waals surface area contributed by atoms with E-state index in [1.165, 1.54) is 5.56 Å². The minimum Gasteiger partial charge on any atom is -0.541 e. The number of rotatable bonds is 5. The van der Waals surface area contributed by atoms with Crippen LogP contribution in [0.15, 0.2) is 48.5 Å². The van der Waals surface area contributed by atoms with Gasteiger partial charge in [0.2, 0.25) is 0 Å². The second kappa shape index (κ2) is 7.26. The second-order valence-electron chi connectivity index (χ2n) is 7.52. The smallest absolute Gasteiger partial charge is 0.250 e. The third kappa shape index (κ3) is 4.51. The van der Waals surface area contributed by atoms with Crippen LogP contribution in [0.1, 0.15) is 31.9 Å². The fourth-order valence-electron chi connectivity index (χ4n) is 2.06. The molecule has 0 aliphatic carbocycles. The Morgan fingerprint density at radius 3 is 2.04 bits per heavy atom. The number of methoxy groups -OCH3 is 1. The van der Waals surface area contributed by atoms with Crippen LogP contribution in [0.5, 0.6) is 11.5 Å². The lowest BCUT2D eigenvalue weighted by Crippen LogP contribution is -2.43. The van der Waals surface area contributed by atoms with Crippen LogP contribution in [0.4, 0.5) is 0 Å². The van der Waals surface area contributed by atoms with Crippen molar-refractivity contribution in [2.45, 2.75) is 38.9 Å². The lowest BCUT2D eigenvalue weighted by molar-refractivity contribution is 0.386. The van der Waals surface area contributed by atoms with Crippen molar-refractivity contribution in [1.82, 2.24) is 0 Å². The summed E-state index contributed by atoms with van der Waals surface area (Å²) in [5, 5.41) is 0.157. The van der Waals surface area contributed by atoms with Crippen LogP contribution in [0.3, 0.4) is 0 Å². The maximum absolute atomic E-state index is 6.40. The van der Waals surface area contributed by atoms with Crippen molar-refractivity contribution < 1.29 is 9.16 Å². The molecule has 0 atom stereocenters. The molecule has 0 aliphatic rings. The van der Waals surface area contributed by atoms with Gasteiger partial charge in [0.15, 0.2) is 5.75 Å². The van der Waals surface area contributed by atoms with E-state index in [-0.39, 0.29) is 5.04 Å². The molecule has 0 amide bonds. The quantitative estimate of drug-likeness (QED) is 0.473. The largest absolute Gasteiger partial charge is 0.541 e. The zero-order chi connectivity index (χ0) is 17.8. The Balaban J connectivity index is 2.23. The van der Waals surface area contributed by atoms with E-state index < -0.39 is 8.32 Å². The van der Waals surface area contributed by atoms with Crippen LogP contribution in [-0.4, -0.2) is 15.4 Å². The Bertz CT molecular complexity index is 698. The van der Waals surface area contributed by atoms with E-state index in [2.05, 4.69) is 64.2 Å². The van der Waals surface area contributed by atoms with E-state index in [0.29, 0.717) is 0 Å². The van der Waals surface area contributed by atoms with E-state index in [1.807, 2.05) is 30.3 Å². The summed E-state index contributed by atoms with van der Waals surface area (Å²) < 4.78 is 12.0. The van der Waals surface area contributed by atoms with Gasteiger partial charge in [-0.2, -0.15) is 0 Å². The van der Waals surface area contributed by atoms with Crippen molar-refractivity contribution in [3.8, 4) is 11.5 Å². The van der Waals surface area contributed by atoms with Crippen molar-refractivity contribution in [2.75, 3.05) is 7.11 Å². The highest BCUT2D eigenvalue weighted by molar-refractivity contribution is 6.74. The molecule has 0 bridgehead atoms. The standard InChI is InChI=1S/C21H28O2Si/c1-21(2,3)24(5,6)23-19-15-14-18(16-20(19)22-4)13-12-17-10-8-7-9-11-17/h7-16H,1-6H3/b13-12+. The van der Waals surface area contributed by atoms with E-state index in [0.717, 1.165) is 17.1 Å². The molecule has 0 unspecified atom stereocenters. The van der Waals surface area contributed by atoms with E-state index in [1.54, 1.807) is 7.11 Å². The molecule has 0 fully saturated rings. The van der Waals surface area contributed by atoms with E-state index in [4.69, 9.17) is 9.16 Å². The number of ether oxygens (including phenoxy) is 1. The molecule has 0 saturated carbocycles. The minimum absolute atomic E-state index is 0.157. The Hall–Kier alpha value is -2.00. The molecule has 0 heterocycles. The third-order valence-electron chi connectivity index (χ3n) is 4.63. The first-order valence-electron chi connectivity index (χ1n) is 8.33. The van der Waals surface area contributed by atoms with Gasteiger partial charge in [-0.15, -0.1) is 0 Å². The average molecular weight is 341 g/mol. The molecule has 0 aliphatic heterocycles. The zero-order valence-electron chi connectivity index (χ0n) is 15.6. The van der Waals surface area contributed by atoms with Gasteiger partial charge in [-0.1, -0.05) is 69.3 Å². The molecule has 0 spiro atoms. The van der Waals surface area contributed by atoms with Gasteiger partial charge in [-0.05, 0) is 41.4 Å². The molecule has 0 saturated heterocycles. The predicted octanol–water partition coefficient (Wildman–Crippen LogP) is 6.25. The molecule has 0 N–H and O–H groups in total. The maximum atomic E-state index is 6.40. The Morgan fingerprint density at radius 1 is 0.833 bits per heavy atom. The van der Waals surface area contributed by atoms with Crippen LogP contribution in [0.2, 0.25) is 18.1 Å². The summed E-state index contributed by atoms with van der Waals surface area (Å²) in [7, 11) is -0.187. The molecular formula is C21H28O2Si. The summed E-state index contributed by atoms with van der Waals surface area (Å²) in [5.74, 6) is 1.62. The first-order chi connectivity index (χ1) is 11.2. The number of benzene rings is 2. The Labute approximate surface area is 147 Å². The molecular weight excluding hydrogens is 312 g/mol. The fraction of sp³-hybridized carbons (Fsp3) is 0.333.